The highest BCUT2D eigenvalue weighted by Gasteiger charge is 2.28. The Labute approximate surface area is 156 Å². The summed E-state index contributed by atoms with van der Waals surface area (Å²) in [4.78, 5) is 2.58. The average molecular weight is 375 g/mol. The van der Waals surface area contributed by atoms with Gasteiger partial charge in [-0.1, -0.05) is 0 Å². The van der Waals surface area contributed by atoms with Gasteiger partial charge in [-0.05, 0) is 32.6 Å². The second-order valence-corrected chi connectivity index (χ2v) is 6.53. The zero-order valence-electron chi connectivity index (χ0n) is 15.1. The van der Waals surface area contributed by atoms with Crippen LogP contribution in [0.3, 0.4) is 0 Å². The van der Waals surface area contributed by atoms with E-state index < -0.39 is 0 Å². The van der Waals surface area contributed by atoms with E-state index in [4.69, 9.17) is 19.9 Å². The van der Waals surface area contributed by atoms with Crippen LogP contribution in [0.25, 0.3) is 0 Å². The van der Waals surface area contributed by atoms with Gasteiger partial charge in [-0.2, -0.15) is 0 Å². The summed E-state index contributed by atoms with van der Waals surface area (Å²) < 4.78 is 18.3. The number of ether oxygens (including phenoxy) is 3. The highest BCUT2D eigenvalue weighted by Crippen LogP contribution is 2.33. The monoisotopic (exact) mass is 374 g/mol. The summed E-state index contributed by atoms with van der Waals surface area (Å²) in [5.74, 6) is 0.532. The van der Waals surface area contributed by atoms with Gasteiger partial charge in [0.15, 0.2) is 0 Å². The minimum Gasteiger partial charge on any atom is -0.473 e. The van der Waals surface area contributed by atoms with Crippen molar-refractivity contribution >= 4 is 18.1 Å². The number of hydrogen-bond donors (Lipinski definition) is 1. The van der Waals surface area contributed by atoms with E-state index in [1.165, 1.54) is 12.8 Å². The van der Waals surface area contributed by atoms with Gasteiger partial charge in [-0.15, -0.1) is 17.5 Å². The highest BCUT2D eigenvalue weighted by atomic mass is 35.5. The Morgan fingerprint density at radius 1 is 1.16 bits per heavy atom. The molecule has 2 fully saturated rings. The van der Waals surface area contributed by atoms with Crippen LogP contribution in [0.2, 0.25) is 0 Å². The van der Waals surface area contributed by atoms with E-state index in [1.807, 2.05) is 17.8 Å². The van der Waals surface area contributed by atoms with Crippen molar-refractivity contribution in [3.8, 4) is 5.88 Å². The van der Waals surface area contributed by atoms with Gasteiger partial charge in [0.25, 0.3) is 5.88 Å². The summed E-state index contributed by atoms with van der Waals surface area (Å²) in [5, 5.41) is 4.55. The van der Waals surface area contributed by atoms with Crippen LogP contribution in [0.1, 0.15) is 38.6 Å². The smallest absolute Gasteiger partial charge is 0.256 e. The van der Waals surface area contributed by atoms with E-state index in [2.05, 4.69) is 10.00 Å². The minimum absolute atomic E-state index is 0. The Morgan fingerprint density at radius 2 is 1.84 bits per heavy atom. The van der Waals surface area contributed by atoms with Crippen molar-refractivity contribution in [1.82, 2.24) is 14.7 Å². The van der Waals surface area contributed by atoms with Crippen LogP contribution in [0.5, 0.6) is 5.88 Å². The summed E-state index contributed by atoms with van der Waals surface area (Å²) in [6, 6.07) is 1.12. The molecule has 3 rings (SSSR count). The number of rotatable bonds is 7. The van der Waals surface area contributed by atoms with Crippen molar-refractivity contribution < 1.29 is 14.2 Å². The second kappa shape index (κ2) is 10.2. The largest absolute Gasteiger partial charge is 0.473 e. The highest BCUT2D eigenvalue weighted by molar-refractivity contribution is 5.85. The van der Waals surface area contributed by atoms with Crippen molar-refractivity contribution in [1.29, 1.82) is 0 Å². The summed E-state index contributed by atoms with van der Waals surface area (Å²) >= 11 is 0. The number of anilines is 1. The van der Waals surface area contributed by atoms with Crippen LogP contribution in [-0.2, 0) is 9.47 Å². The standard InChI is InChI=1S/C17H30N4O3.ClH/c1-2-22-11-12-24-17-16(18)13-21(19-17)15-5-3-14(4-6-15)20-7-9-23-10-8-20;/h13-15H,2-12,18H2,1H3;1H/t14-,15-;. The summed E-state index contributed by atoms with van der Waals surface area (Å²) in [5.41, 5.74) is 6.65. The van der Waals surface area contributed by atoms with Gasteiger partial charge >= 0.3 is 0 Å². The van der Waals surface area contributed by atoms with Gasteiger partial charge in [0.1, 0.15) is 12.3 Å². The van der Waals surface area contributed by atoms with E-state index >= 15 is 0 Å². The third kappa shape index (κ3) is 5.48. The zero-order chi connectivity index (χ0) is 16.8. The maximum Gasteiger partial charge on any atom is 0.256 e. The number of nitrogen functional groups attached to an aromatic ring is 1. The Bertz CT molecular complexity index is 500. The van der Waals surface area contributed by atoms with Crippen molar-refractivity contribution in [2.75, 3.05) is 51.9 Å². The Balaban J connectivity index is 0.00000225. The molecule has 8 heteroatoms. The number of morpholine rings is 1. The first-order valence-electron chi connectivity index (χ1n) is 9.15. The molecular weight excluding hydrogens is 344 g/mol. The second-order valence-electron chi connectivity index (χ2n) is 6.53. The molecule has 0 bridgehead atoms. The van der Waals surface area contributed by atoms with Gasteiger partial charge in [-0.3, -0.25) is 9.58 Å². The molecule has 1 aromatic heterocycles. The van der Waals surface area contributed by atoms with E-state index in [1.54, 1.807) is 0 Å². The number of nitrogens with zero attached hydrogens (tertiary/aromatic N) is 3. The third-order valence-electron chi connectivity index (χ3n) is 5.00. The summed E-state index contributed by atoms with van der Waals surface area (Å²) in [7, 11) is 0. The molecule has 144 valence electrons. The van der Waals surface area contributed by atoms with E-state index in [9.17, 15) is 0 Å². The molecule has 0 spiro atoms. The molecule has 2 N–H and O–H groups in total. The zero-order valence-corrected chi connectivity index (χ0v) is 15.9. The van der Waals surface area contributed by atoms with Gasteiger partial charge < -0.3 is 19.9 Å². The molecule has 2 heterocycles. The molecule has 0 unspecified atom stereocenters. The number of hydrogen-bond acceptors (Lipinski definition) is 6. The van der Waals surface area contributed by atoms with Gasteiger partial charge in [0, 0.05) is 25.7 Å². The molecule has 7 nitrogen and oxygen atoms in total. The number of halogens is 1. The summed E-state index contributed by atoms with van der Waals surface area (Å²) in [6.07, 6.45) is 6.62. The van der Waals surface area contributed by atoms with Crippen molar-refractivity contribution in [2.24, 2.45) is 0 Å². The molecule has 1 aromatic rings. The first-order chi connectivity index (χ1) is 11.8. The number of aromatic nitrogens is 2. The van der Waals surface area contributed by atoms with Crippen molar-refractivity contribution in [3.63, 3.8) is 0 Å². The van der Waals surface area contributed by atoms with Crippen LogP contribution >= 0.6 is 12.4 Å². The fourth-order valence-electron chi connectivity index (χ4n) is 3.66. The SMILES string of the molecule is CCOCCOc1nn([C@H]2CC[C@H](N3CCOCC3)CC2)cc1N.Cl. The normalized spacial score (nSPS) is 24.7. The predicted molar refractivity (Wildman–Crippen MR) is 99.6 cm³/mol. The first kappa shape index (κ1) is 20.3. The van der Waals surface area contributed by atoms with Gasteiger partial charge in [-0.25, -0.2) is 0 Å². The Kier molecular flexibility index (Phi) is 8.29. The molecule has 1 saturated carbocycles. The molecule has 1 aliphatic heterocycles. The molecule has 0 radical (unpaired) electrons. The van der Waals surface area contributed by atoms with E-state index in [-0.39, 0.29) is 12.4 Å². The molecule has 0 amide bonds. The van der Waals surface area contributed by atoms with Gasteiger partial charge in [0.2, 0.25) is 0 Å². The average Bonchev–Trinajstić information content (AvgIpc) is 3.00. The van der Waals surface area contributed by atoms with Crippen LogP contribution in [-0.4, -0.2) is 66.8 Å². The maximum absolute atomic E-state index is 6.04. The van der Waals surface area contributed by atoms with Crippen LogP contribution in [0, 0.1) is 0 Å². The number of nitrogens with two attached hydrogens (primary N) is 1. The molecule has 25 heavy (non-hydrogen) atoms. The fraction of sp³-hybridized carbons (Fsp3) is 0.824. The molecule has 1 aliphatic carbocycles. The molecule has 1 saturated heterocycles. The fourth-order valence-corrected chi connectivity index (χ4v) is 3.66. The first-order valence-corrected chi connectivity index (χ1v) is 9.15. The third-order valence-corrected chi connectivity index (χ3v) is 5.00. The lowest BCUT2D eigenvalue weighted by Gasteiger charge is -2.38. The predicted octanol–water partition coefficient (Wildman–Crippen LogP) is 2.12. The van der Waals surface area contributed by atoms with Crippen LogP contribution in [0.4, 0.5) is 5.69 Å². The van der Waals surface area contributed by atoms with Crippen molar-refractivity contribution in [2.45, 2.75) is 44.7 Å². The maximum atomic E-state index is 6.04. The molecular formula is C17H31ClN4O3. The minimum atomic E-state index is 0. The lowest BCUT2D eigenvalue weighted by molar-refractivity contribution is 0.00502. The summed E-state index contributed by atoms with van der Waals surface area (Å²) in [6.45, 7) is 7.60. The molecule has 0 aromatic carbocycles. The van der Waals surface area contributed by atoms with E-state index in [0.29, 0.717) is 43.5 Å². The van der Waals surface area contributed by atoms with Crippen molar-refractivity contribution in [3.05, 3.63) is 6.20 Å². The lowest BCUT2D eigenvalue weighted by Crippen LogP contribution is -2.45. The Hall–Kier alpha value is -1.02. The van der Waals surface area contributed by atoms with E-state index in [0.717, 1.165) is 39.1 Å². The molecule has 0 atom stereocenters. The van der Waals surface area contributed by atoms with Crippen LogP contribution in [0.15, 0.2) is 6.20 Å². The molecule has 2 aliphatic rings. The van der Waals surface area contributed by atoms with Crippen LogP contribution < -0.4 is 10.5 Å². The lowest BCUT2D eigenvalue weighted by atomic mass is 9.90. The Morgan fingerprint density at radius 3 is 2.52 bits per heavy atom. The quantitative estimate of drug-likeness (QED) is 0.737. The topological polar surface area (TPSA) is 74.8 Å². The van der Waals surface area contributed by atoms with Gasteiger partial charge in [0.05, 0.1) is 32.1 Å².